The molecule has 2 heterocycles. The van der Waals surface area contributed by atoms with Gasteiger partial charge in [-0.3, -0.25) is 9.59 Å². The first-order chi connectivity index (χ1) is 11.0. The van der Waals surface area contributed by atoms with Crippen LogP contribution in [0.3, 0.4) is 0 Å². The molecule has 0 N–H and O–H groups in total. The van der Waals surface area contributed by atoms with E-state index < -0.39 is 17.4 Å². The Kier molecular flexibility index (Phi) is 4.30. The molecule has 0 bridgehead atoms. The average Bonchev–Trinajstić information content (AvgIpc) is 2.97. The molecule has 2 aliphatic heterocycles. The Bertz CT molecular complexity index is 663. The molecular formula is C16H18N2O4S. The van der Waals surface area contributed by atoms with Crippen molar-refractivity contribution in [1.82, 2.24) is 9.80 Å². The van der Waals surface area contributed by atoms with Crippen molar-refractivity contribution in [3.63, 3.8) is 0 Å². The maximum absolute atomic E-state index is 12.7. The van der Waals surface area contributed by atoms with Gasteiger partial charge in [0, 0.05) is 12.3 Å². The normalized spacial score (nSPS) is 23.9. The second kappa shape index (κ2) is 6.23. The number of ether oxygens (including phenoxy) is 1. The van der Waals surface area contributed by atoms with Crippen LogP contribution >= 0.6 is 11.8 Å². The van der Waals surface area contributed by atoms with Crippen LogP contribution in [0.5, 0.6) is 0 Å². The van der Waals surface area contributed by atoms with E-state index in [9.17, 15) is 14.4 Å². The third-order valence-corrected chi connectivity index (χ3v) is 5.31. The Hall–Kier alpha value is -2.02. The highest BCUT2D eigenvalue weighted by molar-refractivity contribution is 8.00. The number of carbonyl (C=O) groups excluding carboxylic acids is 3. The van der Waals surface area contributed by atoms with Gasteiger partial charge in [0.2, 0.25) is 11.8 Å². The minimum Gasteiger partial charge on any atom is -0.467 e. The van der Waals surface area contributed by atoms with Crippen LogP contribution in [0.2, 0.25) is 0 Å². The van der Waals surface area contributed by atoms with Gasteiger partial charge in [0.15, 0.2) is 5.37 Å². The lowest BCUT2D eigenvalue weighted by Crippen LogP contribution is -2.60. The Morgan fingerprint density at radius 1 is 1.39 bits per heavy atom. The summed E-state index contributed by atoms with van der Waals surface area (Å²) in [6, 6.07) is 7.30. The zero-order valence-corrected chi connectivity index (χ0v) is 13.8. The van der Waals surface area contributed by atoms with Crippen LogP contribution in [0.25, 0.3) is 0 Å². The van der Waals surface area contributed by atoms with E-state index in [1.807, 2.05) is 31.2 Å². The number of nitrogens with zero attached hydrogens (tertiary/aromatic N) is 2. The first kappa shape index (κ1) is 15.9. The highest BCUT2D eigenvalue weighted by Gasteiger charge is 2.50. The molecule has 0 radical (unpaired) electrons. The van der Waals surface area contributed by atoms with Crippen LogP contribution in [0, 0.1) is 6.92 Å². The molecule has 1 aromatic rings. The fourth-order valence-corrected chi connectivity index (χ4v) is 4.31. The van der Waals surface area contributed by atoms with Crippen LogP contribution < -0.4 is 0 Å². The molecule has 23 heavy (non-hydrogen) atoms. The van der Waals surface area contributed by atoms with Gasteiger partial charge in [-0.25, -0.2) is 4.79 Å². The molecule has 2 aliphatic rings. The molecular weight excluding hydrogens is 316 g/mol. The molecule has 2 saturated heterocycles. The lowest BCUT2D eigenvalue weighted by molar-refractivity contribution is -0.160. The highest BCUT2D eigenvalue weighted by atomic mass is 32.2. The van der Waals surface area contributed by atoms with Gasteiger partial charge in [0.25, 0.3) is 0 Å². The summed E-state index contributed by atoms with van der Waals surface area (Å²) >= 11 is 1.28. The van der Waals surface area contributed by atoms with Gasteiger partial charge < -0.3 is 14.5 Å². The Labute approximate surface area is 138 Å². The lowest BCUT2D eigenvalue weighted by atomic mass is 10.1. The van der Waals surface area contributed by atoms with Crippen LogP contribution in [-0.2, 0) is 25.7 Å². The predicted molar refractivity (Wildman–Crippen MR) is 85.5 cm³/mol. The molecule has 7 heteroatoms. The zero-order chi connectivity index (χ0) is 16.6. The van der Waals surface area contributed by atoms with Crippen LogP contribution in [0.15, 0.2) is 24.3 Å². The van der Waals surface area contributed by atoms with Gasteiger partial charge in [-0.2, -0.15) is 0 Å². The number of esters is 1. The highest BCUT2D eigenvalue weighted by Crippen LogP contribution is 2.33. The van der Waals surface area contributed by atoms with Gasteiger partial charge >= 0.3 is 5.97 Å². The van der Waals surface area contributed by atoms with Crippen LogP contribution in [0.1, 0.15) is 11.1 Å². The fourth-order valence-electron chi connectivity index (χ4n) is 2.98. The summed E-state index contributed by atoms with van der Waals surface area (Å²) in [5.41, 5.74) is 2.11. The van der Waals surface area contributed by atoms with Crippen molar-refractivity contribution in [2.75, 3.05) is 19.4 Å². The molecule has 2 unspecified atom stereocenters. The molecule has 3 rings (SSSR count). The number of rotatable bonds is 3. The lowest BCUT2D eigenvalue weighted by Gasteiger charge is -2.37. The van der Waals surface area contributed by atoms with E-state index in [1.165, 1.54) is 23.8 Å². The van der Waals surface area contributed by atoms with Crippen molar-refractivity contribution in [3.05, 3.63) is 35.4 Å². The van der Waals surface area contributed by atoms with Crippen molar-refractivity contribution in [1.29, 1.82) is 0 Å². The fraction of sp³-hybridized carbons (Fsp3) is 0.438. The minimum absolute atomic E-state index is 0.00265. The largest absolute Gasteiger partial charge is 0.467 e. The Morgan fingerprint density at radius 2 is 2.17 bits per heavy atom. The molecule has 2 amide bonds. The molecule has 1 aromatic carbocycles. The third-order valence-electron chi connectivity index (χ3n) is 4.07. The van der Waals surface area contributed by atoms with Crippen molar-refractivity contribution in [2.24, 2.45) is 0 Å². The molecule has 2 fully saturated rings. The number of amides is 2. The third kappa shape index (κ3) is 2.93. The number of hydrogen-bond donors (Lipinski definition) is 0. The van der Waals surface area contributed by atoms with Gasteiger partial charge in [0.1, 0.15) is 12.6 Å². The zero-order valence-electron chi connectivity index (χ0n) is 13.0. The summed E-state index contributed by atoms with van der Waals surface area (Å²) in [7, 11) is 1.29. The quantitative estimate of drug-likeness (QED) is 0.764. The molecule has 2 atom stereocenters. The molecule has 0 aliphatic carbocycles. The number of methoxy groups -OCH3 is 1. The van der Waals surface area contributed by atoms with Crippen molar-refractivity contribution < 1.29 is 19.1 Å². The summed E-state index contributed by atoms with van der Waals surface area (Å²) in [5.74, 6) is -0.368. The van der Waals surface area contributed by atoms with E-state index in [1.54, 1.807) is 4.90 Å². The number of fused-ring (bicyclic) bond motifs is 1. The van der Waals surface area contributed by atoms with E-state index in [0.29, 0.717) is 12.3 Å². The van der Waals surface area contributed by atoms with E-state index in [4.69, 9.17) is 4.74 Å². The smallest absolute Gasteiger partial charge is 0.339 e. The summed E-state index contributed by atoms with van der Waals surface area (Å²) in [6.07, 6.45) is 0. The first-order valence-corrected chi connectivity index (χ1v) is 8.41. The summed E-state index contributed by atoms with van der Waals surface area (Å²) in [6.45, 7) is 2.39. The molecule has 0 spiro atoms. The van der Waals surface area contributed by atoms with Gasteiger partial charge in [-0.1, -0.05) is 29.8 Å². The van der Waals surface area contributed by atoms with E-state index in [0.717, 1.165) is 11.1 Å². The first-order valence-electron chi connectivity index (χ1n) is 7.36. The van der Waals surface area contributed by atoms with Gasteiger partial charge in [-0.15, -0.1) is 11.8 Å². The molecule has 122 valence electrons. The van der Waals surface area contributed by atoms with Crippen molar-refractivity contribution in [3.8, 4) is 0 Å². The standard InChI is InChI=1S/C16H18N2O4S/c1-10-4-3-5-11(6-10)7-17-8-13(19)18-12(14(17)20)9-23-15(18)16(21)22-2/h3-6,12,15H,7-9H2,1-2H3. The maximum Gasteiger partial charge on any atom is 0.339 e. The number of thioether (sulfide) groups is 1. The molecule has 0 saturated carbocycles. The number of carbonyl (C=O) groups is 3. The number of piperazine rings is 1. The topological polar surface area (TPSA) is 66.9 Å². The Balaban J connectivity index is 1.77. The summed E-state index contributed by atoms with van der Waals surface area (Å²) in [5, 5.41) is -0.706. The molecule has 6 nitrogen and oxygen atoms in total. The monoisotopic (exact) mass is 334 g/mol. The van der Waals surface area contributed by atoms with Crippen molar-refractivity contribution >= 4 is 29.5 Å². The number of aryl methyl sites for hydroxylation is 1. The second-order valence-electron chi connectivity index (χ2n) is 5.71. The second-order valence-corrected chi connectivity index (χ2v) is 6.82. The predicted octanol–water partition coefficient (Wildman–Crippen LogP) is 0.780. The van der Waals surface area contributed by atoms with Gasteiger partial charge in [0.05, 0.1) is 7.11 Å². The van der Waals surface area contributed by atoms with Crippen LogP contribution in [-0.4, -0.2) is 58.4 Å². The number of hydrogen-bond acceptors (Lipinski definition) is 5. The SMILES string of the molecule is COC(=O)C1SCC2C(=O)N(Cc3cccc(C)c3)CC(=O)N21. The van der Waals surface area contributed by atoms with E-state index >= 15 is 0 Å². The molecule has 0 aromatic heterocycles. The van der Waals surface area contributed by atoms with Gasteiger partial charge in [-0.05, 0) is 12.5 Å². The Morgan fingerprint density at radius 3 is 2.87 bits per heavy atom. The minimum atomic E-state index is -0.706. The van der Waals surface area contributed by atoms with Crippen LogP contribution in [0.4, 0.5) is 0 Å². The number of benzene rings is 1. The average molecular weight is 334 g/mol. The van der Waals surface area contributed by atoms with E-state index in [2.05, 4.69) is 0 Å². The summed E-state index contributed by atoms with van der Waals surface area (Å²) in [4.78, 5) is 39.8. The van der Waals surface area contributed by atoms with E-state index in [-0.39, 0.29) is 18.4 Å². The summed E-state index contributed by atoms with van der Waals surface area (Å²) < 4.78 is 4.72. The van der Waals surface area contributed by atoms with Crippen molar-refractivity contribution in [2.45, 2.75) is 24.9 Å². The maximum atomic E-state index is 12.7.